The molecule has 174 valence electrons. The van der Waals surface area contributed by atoms with Crippen LogP contribution < -0.4 is 5.32 Å². The molecule has 0 aromatic heterocycles. The van der Waals surface area contributed by atoms with E-state index in [-0.39, 0.29) is 28.0 Å². The third-order valence-corrected chi connectivity index (χ3v) is 7.89. The summed E-state index contributed by atoms with van der Waals surface area (Å²) in [4.78, 5) is 12.9. The molecular weight excluding hydrogens is 479 g/mol. The van der Waals surface area contributed by atoms with E-state index in [1.165, 1.54) is 18.2 Å². The minimum absolute atomic E-state index is 0.0525. The molecule has 1 amide bonds. The number of nitrogens with zero attached hydrogens (tertiary/aromatic N) is 1. The van der Waals surface area contributed by atoms with Gasteiger partial charge in [0.05, 0.1) is 11.6 Å². The molecule has 3 aromatic rings. The molecule has 0 spiro atoms. The number of anilines is 1. The Morgan fingerprint density at radius 2 is 1.73 bits per heavy atom. The van der Waals surface area contributed by atoms with Crippen molar-refractivity contribution in [2.45, 2.75) is 31.6 Å². The average molecular weight is 505 g/mol. The van der Waals surface area contributed by atoms with Gasteiger partial charge in [-0.1, -0.05) is 78.7 Å². The van der Waals surface area contributed by atoms with E-state index in [2.05, 4.69) is 5.32 Å². The monoisotopic (exact) mass is 504 g/mol. The maximum absolute atomic E-state index is 13.5. The van der Waals surface area contributed by atoms with E-state index in [0.717, 1.165) is 27.4 Å². The molecular formula is C25H26Cl2N2O3S. The summed E-state index contributed by atoms with van der Waals surface area (Å²) in [7, 11) is -4.08. The summed E-state index contributed by atoms with van der Waals surface area (Å²) in [6, 6.07) is 19.5. The summed E-state index contributed by atoms with van der Waals surface area (Å²) in [5.74, 6) is -0.422. The second kappa shape index (κ2) is 11.2. The Hall–Kier alpha value is -2.38. The van der Waals surface area contributed by atoms with E-state index in [0.29, 0.717) is 12.1 Å². The van der Waals surface area contributed by atoms with Crippen molar-refractivity contribution in [2.75, 3.05) is 18.4 Å². The lowest BCUT2D eigenvalue weighted by Gasteiger charge is -2.23. The van der Waals surface area contributed by atoms with Gasteiger partial charge in [-0.2, -0.15) is 4.31 Å². The Bertz CT molecular complexity index is 1230. The Labute approximate surface area is 205 Å². The van der Waals surface area contributed by atoms with Crippen molar-refractivity contribution < 1.29 is 13.2 Å². The lowest BCUT2D eigenvalue weighted by atomic mass is 10.1. The van der Waals surface area contributed by atoms with E-state index in [1.54, 1.807) is 0 Å². The number of benzene rings is 3. The number of rotatable bonds is 9. The number of hydrogen-bond donors (Lipinski definition) is 1. The number of hydrogen-bond acceptors (Lipinski definition) is 3. The van der Waals surface area contributed by atoms with Crippen molar-refractivity contribution in [1.29, 1.82) is 0 Å². The summed E-state index contributed by atoms with van der Waals surface area (Å²) in [6.45, 7) is 3.67. The van der Waals surface area contributed by atoms with Crippen LogP contribution in [-0.2, 0) is 27.7 Å². The highest BCUT2D eigenvalue weighted by molar-refractivity contribution is 7.89. The maximum Gasteiger partial charge on any atom is 0.245 e. The molecule has 0 bridgehead atoms. The molecule has 33 heavy (non-hydrogen) atoms. The van der Waals surface area contributed by atoms with Crippen LogP contribution in [0.2, 0.25) is 10.0 Å². The SMILES string of the molecule is CCc1cccc(C)c1NC(=O)CN(CCc1ccccc1)S(=O)(=O)c1cc(Cl)ccc1Cl. The molecule has 1 N–H and O–H groups in total. The van der Waals surface area contributed by atoms with Crippen LogP contribution in [0.15, 0.2) is 71.6 Å². The van der Waals surface area contributed by atoms with Gasteiger partial charge in [0.15, 0.2) is 0 Å². The van der Waals surface area contributed by atoms with Crippen LogP contribution in [0, 0.1) is 6.92 Å². The Morgan fingerprint density at radius 3 is 2.42 bits per heavy atom. The van der Waals surface area contributed by atoms with Crippen molar-refractivity contribution in [3.05, 3.63) is 93.5 Å². The smallest absolute Gasteiger partial charge is 0.245 e. The highest BCUT2D eigenvalue weighted by Crippen LogP contribution is 2.28. The van der Waals surface area contributed by atoms with Crippen LogP contribution >= 0.6 is 23.2 Å². The number of amides is 1. The minimum Gasteiger partial charge on any atom is -0.324 e. The molecule has 0 aliphatic carbocycles. The molecule has 0 fully saturated rings. The zero-order chi connectivity index (χ0) is 24.0. The van der Waals surface area contributed by atoms with E-state index < -0.39 is 15.9 Å². The number of para-hydroxylation sites is 1. The fraction of sp³-hybridized carbons (Fsp3) is 0.240. The predicted octanol–water partition coefficient (Wildman–Crippen LogP) is 5.74. The molecule has 0 unspecified atom stereocenters. The van der Waals surface area contributed by atoms with Gasteiger partial charge >= 0.3 is 0 Å². The number of nitrogens with one attached hydrogen (secondary N) is 1. The molecule has 5 nitrogen and oxygen atoms in total. The third-order valence-electron chi connectivity index (χ3n) is 5.33. The average Bonchev–Trinajstić information content (AvgIpc) is 2.80. The highest BCUT2D eigenvalue weighted by Gasteiger charge is 2.29. The Kier molecular flexibility index (Phi) is 8.54. The van der Waals surface area contributed by atoms with E-state index in [4.69, 9.17) is 23.2 Å². The fourth-order valence-electron chi connectivity index (χ4n) is 3.54. The normalized spacial score (nSPS) is 11.5. The molecule has 0 saturated carbocycles. The fourth-order valence-corrected chi connectivity index (χ4v) is 5.67. The third kappa shape index (κ3) is 6.36. The van der Waals surface area contributed by atoms with Gasteiger partial charge in [-0.15, -0.1) is 0 Å². The van der Waals surface area contributed by atoms with Gasteiger partial charge in [-0.3, -0.25) is 4.79 Å². The first-order chi connectivity index (χ1) is 15.7. The Morgan fingerprint density at radius 1 is 1.00 bits per heavy atom. The summed E-state index contributed by atoms with van der Waals surface area (Å²) in [5, 5.41) is 3.20. The van der Waals surface area contributed by atoms with Gasteiger partial charge in [0.25, 0.3) is 0 Å². The first kappa shape index (κ1) is 25.2. The van der Waals surface area contributed by atoms with Crippen molar-refractivity contribution in [1.82, 2.24) is 4.31 Å². The highest BCUT2D eigenvalue weighted by atomic mass is 35.5. The predicted molar refractivity (Wildman–Crippen MR) is 135 cm³/mol. The molecule has 0 atom stereocenters. The van der Waals surface area contributed by atoms with Gasteiger partial charge in [0.1, 0.15) is 4.90 Å². The zero-order valence-electron chi connectivity index (χ0n) is 18.5. The number of carbonyl (C=O) groups excluding carboxylic acids is 1. The van der Waals surface area contributed by atoms with Crippen LogP contribution in [0.3, 0.4) is 0 Å². The molecule has 0 saturated heterocycles. The van der Waals surface area contributed by atoms with Gasteiger partial charge in [0, 0.05) is 17.3 Å². The van der Waals surface area contributed by atoms with Gasteiger partial charge < -0.3 is 5.32 Å². The number of carbonyl (C=O) groups is 1. The van der Waals surface area contributed by atoms with Crippen LogP contribution in [0.1, 0.15) is 23.6 Å². The van der Waals surface area contributed by atoms with Crippen molar-refractivity contribution in [3.63, 3.8) is 0 Å². The summed E-state index contributed by atoms with van der Waals surface area (Å²) in [6.07, 6.45) is 1.18. The van der Waals surface area contributed by atoms with E-state index in [1.807, 2.05) is 62.4 Å². The minimum atomic E-state index is -4.08. The van der Waals surface area contributed by atoms with E-state index in [9.17, 15) is 13.2 Å². The second-order valence-electron chi connectivity index (χ2n) is 7.66. The van der Waals surface area contributed by atoms with Crippen LogP contribution in [-0.4, -0.2) is 31.7 Å². The topological polar surface area (TPSA) is 66.5 Å². The Balaban J connectivity index is 1.90. The molecule has 8 heteroatoms. The lowest BCUT2D eigenvalue weighted by Crippen LogP contribution is -2.39. The molecule has 0 aliphatic rings. The van der Waals surface area contributed by atoms with Crippen LogP contribution in [0.5, 0.6) is 0 Å². The van der Waals surface area contributed by atoms with Crippen molar-refractivity contribution >= 4 is 44.8 Å². The van der Waals surface area contributed by atoms with Crippen LogP contribution in [0.25, 0.3) is 0 Å². The zero-order valence-corrected chi connectivity index (χ0v) is 20.8. The second-order valence-corrected chi connectivity index (χ2v) is 10.4. The number of sulfonamides is 1. The lowest BCUT2D eigenvalue weighted by molar-refractivity contribution is -0.116. The standard InChI is InChI=1S/C25H26Cl2N2O3S/c1-3-20-11-7-8-18(2)25(20)28-24(30)17-29(15-14-19-9-5-4-6-10-19)33(31,32)23-16-21(26)12-13-22(23)27/h4-13,16H,3,14-15,17H2,1-2H3,(H,28,30). The van der Waals surface area contributed by atoms with Gasteiger partial charge in [0.2, 0.25) is 15.9 Å². The first-order valence-electron chi connectivity index (χ1n) is 10.6. The quantitative estimate of drug-likeness (QED) is 0.404. The van der Waals surface area contributed by atoms with Crippen LogP contribution in [0.4, 0.5) is 5.69 Å². The maximum atomic E-state index is 13.5. The van der Waals surface area contributed by atoms with Gasteiger partial charge in [-0.25, -0.2) is 8.42 Å². The molecule has 3 aromatic carbocycles. The molecule has 3 rings (SSSR count). The summed E-state index contributed by atoms with van der Waals surface area (Å²) < 4.78 is 28.2. The number of aryl methyl sites for hydroxylation is 2. The summed E-state index contributed by atoms with van der Waals surface area (Å²) >= 11 is 12.2. The first-order valence-corrected chi connectivity index (χ1v) is 12.8. The van der Waals surface area contributed by atoms with E-state index >= 15 is 0 Å². The molecule has 0 heterocycles. The molecule has 0 radical (unpaired) electrons. The van der Waals surface area contributed by atoms with Gasteiger partial charge in [-0.05, 0) is 54.7 Å². The largest absolute Gasteiger partial charge is 0.324 e. The molecule has 0 aliphatic heterocycles. The van der Waals surface area contributed by atoms with Crippen molar-refractivity contribution in [2.24, 2.45) is 0 Å². The number of halogens is 2. The van der Waals surface area contributed by atoms with Crippen molar-refractivity contribution in [3.8, 4) is 0 Å². The summed E-state index contributed by atoms with van der Waals surface area (Å²) in [5.41, 5.74) is 3.58.